The van der Waals surface area contributed by atoms with Crippen LogP contribution in [0.4, 0.5) is 0 Å². The van der Waals surface area contributed by atoms with Crippen molar-refractivity contribution in [2.75, 3.05) is 13.2 Å². The van der Waals surface area contributed by atoms with E-state index in [0.717, 1.165) is 109 Å². The van der Waals surface area contributed by atoms with Crippen molar-refractivity contribution < 1.29 is 28.6 Å². The standard InChI is InChI=1S/C55H98O6/c1-4-7-10-13-16-19-22-25-27-30-33-36-39-42-45-48-54(57)60-51-52(50-59-53(56)47-44-41-38-35-32-29-24-21-18-15-12-9-6-3)61-55(58)49-46-43-40-37-34-31-28-26-23-20-17-14-11-8-5-2/h7,10,16,19,25-28,52H,4-6,8-9,11-15,17-18,20-24,29-51H2,1-3H3. The molecule has 61 heavy (non-hydrogen) atoms. The molecule has 0 aliphatic carbocycles. The predicted molar refractivity (Wildman–Crippen MR) is 261 cm³/mol. The Bertz CT molecular complexity index is 1070. The SMILES string of the molecule is CCC=CCC=CCC=CCCCCCCCC(=O)OCC(COC(=O)CCCCCCCCCCCCCCC)OC(=O)CCCCCCCC=CCCCCCCCC. The van der Waals surface area contributed by atoms with E-state index in [1.165, 1.54) is 116 Å². The van der Waals surface area contributed by atoms with Crippen LogP contribution in [0.2, 0.25) is 0 Å². The molecule has 0 aromatic carbocycles. The summed E-state index contributed by atoms with van der Waals surface area (Å²) < 4.78 is 16.8. The van der Waals surface area contributed by atoms with Crippen LogP contribution in [0.3, 0.4) is 0 Å². The van der Waals surface area contributed by atoms with Crippen molar-refractivity contribution in [2.45, 2.75) is 271 Å². The predicted octanol–water partition coefficient (Wildman–Crippen LogP) is 17.1. The third kappa shape index (κ3) is 48.3. The molecule has 0 aromatic rings. The first-order chi connectivity index (χ1) is 30.0. The van der Waals surface area contributed by atoms with E-state index in [2.05, 4.69) is 69.4 Å². The molecule has 6 nitrogen and oxygen atoms in total. The molecule has 6 heteroatoms. The summed E-state index contributed by atoms with van der Waals surface area (Å²) in [6.07, 6.45) is 59.5. The first kappa shape index (κ1) is 58.4. The fourth-order valence-electron chi connectivity index (χ4n) is 7.39. The summed E-state index contributed by atoms with van der Waals surface area (Å²) in [7, 11) is 0. The van der Waals surface area contributed by atoms with Gasteiger partial charge in [0, 0.05) is 19.3 Å². The second kappa shape index (κ2) is 50.0. The van der Waals surface area contributed by atoms with Crippen LogP contribution < -0.4 is 0 Å². The zero-order chi connectivity index (χ0) is 44.4. The normalized spacial score (nSPS) is 12.4. The first-order valence-corrected chi connectivity index (χ1v) is 26.1. The molecule has 0 spiro atoms. The number of allylic oxidation sites excluding steroid dienone is 8. The minimum Gasteiger partial charge on any atom is -0.462 e. The van der Waals surface area contributed by atoms with Crippen LogP contribution in [-0.4, -0.2) is 37.2 Å². The van der Waals surface area contributed by atoms with Gasteiger partial charge >= 0.3 is 17.9 Å². The third-order valence-corrected chi connectivity index (χ3v) is 11.3. The molecule has 0 N–H and O–H groups in total. The van der Waals surface area contributed by atoms with Crippen molar-refractivity contribution >= 4 is 17.9 Å². The largest absolute Gasteiger partial charge is 0.462 e. The van der Waals surface area contributed by atoms with E-state index in [1.54, 1.807) is 0 Å². The number of unbranched alkanes of at least 4 members (excludes halogenated alkanes) is 28. The highest BCUT2D eigenvalue weighted by molar-refractivity contribution is 5.71. The molecule has 0 aliphatic heterocycles. The van der Waals surface area contributed by atoms with Gasteiger partial charge in [0.15, 0.2) is 6.10 Å². The van der Waals surface area contributed by atoms with Crippen LogP contribution in [-0.2, 0) is 28.6 Å². The number of carbonyl (C=O) groups excluding carboxylic acids is 3. The summed E-state index contributed by atoms with van der Waals surface area (Å²) in [5.74, 6) is -0.898. The number of carbonyl (C=O) groups is 3. The van der Waals surface area contributed by atoms with Crippen LogP contribution in [0.5, 0.6) is 0 Å². The van der Waals surface area contributed by atoms with Crippen molar-refractivity contribution in [3.63, 3.8) is 0 Å². The minimum atomic E-state index is -0.781. The van der Waals surface area contributed by atoms with Gasteiger partial charge in [-0.3, -0.25) is 14.4 Å². The Morgan fingerprint density at radius 2 is 0.639 bits per heavy atom. The highest BCUT2D eigenvalue weighted by atomic mass is 16.6. The molecule has 0 rings (SSSR count). The fourth-order valence-corrected chi connectivity index (χ4v) is 7.39. The molecule has 1 atom stereocenters. The molecule has 0 radical (unpaired) electrons. The van der Waals surface area contributed by atoms with Gasteiger partial charge in [-0.1, -0.05) is 217 Å². The highest BCUT2D eigenvalue weighted by Crippen LogP contribution is 2.15. The van der Waals surface area contributed by atoms with E-state index in [1.807, 2.05) is 0 Å². The van der Waals surface area contributed by atoms with E-state index in [9.17, 15) is 14.4 Å². The zero-order valence-electron chi connectivity index (χ0n) is 40.4. The summed E-state index contributed by atoms with van der Waals surface area (Å²) >= 11 is 0. The first-order valence-electron chi connectivity index (χ1n) is 26.1. The molecule has 0 aliphatic rings. The lowest BCUT2D eigenvalue weighted by atomic mass is 10.0. The molecular weight excluding hydrogens is 757 g/mol. The molecule has 0 bridgehead atoms. The van der Waals surface area contributed by atoms with Gasteiger partial charge in [-0.2, -0.15) is 0 Å². The zero-order valence-corrected chi connectivity index (χ0v) is 40.4. The molecular formula is C55H98O6. The summed E-state index contributed by atoms with van der Waals surface area (Å²) in [4.78, 5) is 38.0. The monoisotopic (exact) mass is 855 g/mol. The van der Waals surface area contributed by atoms with E-state index in [-0.39, 0.29) is 31.1 Å². The van der Waals surface area contributed by atoms with Crippen molar-refractivity contribution in [1.82, 2.24) is 0 Å². The lowest BCUT2D eigenvalue weighted by molar-refractivity contribution is -0.167. The van der Waals surface area contributed by atoms with E-state index in [0.29, 0.717) is 19.3 Å². The smallest absolute Gasteiger partial charge is 0.306 e. The van der Waals surface area contributed by atoms with Gasteiger partial charge in [-0.25, -0.2) is 0 Å². The van der Waals surface area contributed by atoms with Gasteiger partial charge < -0.3 is 14.2 Å². The maximum atomic E-state index is 12.8. The van der Waals surface area contributed by atoms with Gasteiger partial charge in [0.25, 0.3) is 0 Å². The number of rotatable bonds is 47. The average molecular weight is 855 g/mol. The van der Waals surface area contributed by atoms with Crippen LogP contribution in [0, 0.1) is 0 Å². The van der Waals surface area contributed by atoms with Gasteiger partial charge in [0.05, 0.1) is 0 Å². The Balaban J connectivity index is 4.40. The second-order valence-electron chi connectivity index (χ2n) is 17.4. The molecule has 0 amide bonds. The summed E-state index contributed by atoms with van der Waals surface area (Å²) in [5.41, 5.74) is 0. The van der Waals surface area contributed by atoms with E-state index >= 15 is 0 Å². The van der Waals surface area contributed by atoms with Crippen molar-refractivity contribution in [1.29, 1.82) is 0 Å². The lowest BCUT2D eigenvalue weighted by Crippen LogP contribution is -2.30. The number of esters is 3. The average Bonchev–Trinajstić information content (AvgIpc) is 3.26. The molecule has 354 valence electrons. The molecule has 0 aromatic heterocycles. The maximum absolute atomic E-state index is 12.8. The van der Waals surface area contributed by atoms with Crippen LogP contribution >= 0.6 is 0 Å². The molecule has 0 saturated heterocycles. The number of hydrogen-bond acceptors (Lipinski definition) is 6. The van der Waals surface area contributed by atoms with E-state index < -0.39 is 6.10 Å². The Morgan fingerprint density at radius 1 is 0.344 bits per heavy atom. The molecule has 0 fully saturated rings. The van der Waals surface area contributed by atoms with Crippen molar-refractivity contribution in [3.05, 3.63) is 48.6 Å². The van der Waals surface area contributed by atoms with Gasteiger partial charge in [-0.05, 0) is 77.0 Å². The van der Waals surface area contributed by atoms with Crippen LogP contribution in [0.1, 0.15) is 265 Å². The van der Waals surface area contributed by atoms with Crippen molar-refractivity contribution in [2.24, 2.45) is 0 Å². The minimum absolute atomic E-state index is 0.0797. The van der Waals surface area contributed by atoms with Gasteiger partial charge in [-0.15, -0.1) is 0 Å². The van der Waals surface area contributed by atoms with Crippen molar-refractivity contribution in [3.8, 4) is 0 Å². The highest BCUT2D eigenvalue weighted by Gasteiger charge is 2.19. The topological polar surface area (TPSA) is 78.9 Å². The fraction of sp³-hybridized carbons (Fsp3) is 0.800. The number of ether oxygens (including phenoxy) is 3. The Kier molecular flexibility index (Phi) is 47.9. The summed E-state index contributed by atoms with van der Waals surface area (Å²) in [6, 6.07) is 0. The van der Waals surface area contributed by atoms with E-state index in [4.69, 9.17) is 14.2 Å². The Morgan fingerprint density at radius 3 is 1.02 bits per heavy atom. The van der Waals surface area contributed by atoms with Crippen LogP contribution in [0.25, 0.3) is 0 Å². The summed E-state index contributed by atoms with van der Waals surface area (Å²) in [6.45, 7) is 6.51. The van der Waals surface area contributed by atoms with Gasteiger partial charge in [0.1, 0.15) is 13.2 Å². The Labute approximate surface area is 378 Å². The molecule has 0 heterocycles. The third-order valence-electron chi connectivity index (χ3n) is 11.3. The second-order valence-corrected chi connectivity index (χ2v) is 17.4. The van der Waals surface area contributed by atoms with Gasteiger partial charge in [0.2, 0.25) is 0 Å². The maximum Gasteiger partial charge on any atom is 0.306 e. The molecule has 0 saturated carbocycles. The van der Waals surface area contributed by atoms with Crippen LogP contribution in [0.15, 0.2) is 48.6 Å². The number of hydrogen-bond donors (Lipinski definition) is 0. The Hall–Kier alpha value is -2.63. The lowest BCUT2D eigenvalue weighted by Gasteiger charge is -2.18. The molecule has 1 unspecified atom stereocenters. The quantitative estimate of drug-likeness (QED) is 0.0263. The summed E-state index contributed by atoms with van der Waals surface area (Å²) in [5, 5.41) is 0.